The second-order valence-electron chi connectivity index (χ2n) is 3.67. The molecule has 0 aliphatic rings. The van der Waals surface area contributed by atoms with E-state index in [0.717, 1.165) is 5.54 Å². The zero-order valence-electron chi connectivity index (χ0n) is 14.6. The van der Waals surface area contributed by atoms with Gasteiger partial charge in [-0.3, -0.25) is 4.79 Å². The molecule has 0 aromatic heterocycles. The minimum Gasteiger partial charge on any atom is -0.450 e. The van der Waals surface area contributed by atoms with Crippen LogP contribution in [0.3, 0.4) is 0 Å². The van der Waals surface area contributed by atoms with Gasteiger partial charge in [-0.1, -0.05) is 0 Å². The minimum absolute atomic E-state index is 0.139. The Labute approximate surface area is 153 Å². The average Bonchev–Trinajstić information content (AvgIpc) is 2.76. The SMILES string of the molecule is CCOC(=O)NCCCC(NC(=O)OCC)C(=O)NF.FF.FF.FF.FF. The molecule has 0 spiro atoms. The van der Waals surface area contributed by atoms with Gasteiger partial charge in [-0.15, -0.1) is 4.48 Å². The highest BCUT2D eigenvalue weighted by atomic mass is 20.0. The number of amides is 3. The van der Waals surface area contributed by atoms with Gasteiger partial charge < -0.3 is 20.1 Å². The summed E-state index contributed by atoms with van der Waals surface area (Å²) in [7, 11) is 0. The van der Waals surface area contributed by atoms with Crippen LogP contribution in [0.5, 0.6) is 0 Å². The molecule has 3 amide bonds. The second-order valence-corrected chi connectivity index (χ2v) is 3.67. The Morgan fingerprint density at radius 3 is 1.64 bits per heavy atom. The van der Waals surface area contributed by atoms with Crippen LogP contribution in [0, 0.1) is 0 Å². The number of nitrogens with one attached hydrogen (secondary N) is 3. The van der Waals surface area contributed by atoms with Crippen molar-refractivity contribution in [3.63, 3.8) is 0 Å². The highest BCUT2D eigenvalue weighted by molar-refractivity contribution is 5.84. The van der Waals surface area contributed by atoms with Gasteiger partial charge in [0.1, 0.15) is 6.04 Å². The maximum atomic E-state index is 12.1. The molecule has 0 heterocycles. The molecule has 172 valence electrons. The molecule has 0 radical (unpaired) electrons. The molecular weight excluding hydrogens is 425 g/mol. The van der Waals surface area contributed by atoms with Crippen LogP contribution in [0.2, 0.25) is 0 Å². The summed E-state index contributed by atoms with van der Waals surface area (Å²) in [6.07, 6.45) is -0.888. The molecule has 17 heteroatoms. The summed E-state index contributed by atoms with van der Waals surface area (Å²) in [6, 6.07) is -1.07. The Bertz CT molecular complexity index is 347. The van der Waals surface area contributed by atoms with Crippen molar-refractivity contribution in [2.45, 2.75) is 32.7 Å². The van der Waals surface area contributed by atoms with E-state index in [1.807, 2.05) is 0 Å². The molecule has 1 atom stereocenters. The van der Waals surface area contributed by atoms with Crippen LogP contribution >= 0.6 is 0 Å². The number of rotatable bonds is 8. The number of alkyl carbamates (subject to hydrolysis) is 2. The fourth-order valence-electron chi connectivity index (χ4n) is 1.33. The van der Waals surface area contributed by atoms with Crippen LogP contribution in [-0.2, 0) is 14.3 Å². The number of ether oxygens (including phenoxy) is 2. The first-order valence-electron chi connectivity index (χ1n) is 6.86. The Hall–Kier alpha value is -2.62. The van der Waals surface area contributed by atoms with Crippen molar-refractivity contribution < 1.29 is 64.9 Å². The highest BCUT2D eigenvalue weighted by Crippen LogP contribution is 1.98. The Morgan fingerprint density at radius 2 is 1.25 bits per heavy atom. The zero-order valence-corrected chi connectivity index (χ0v) is 14.6. The van der Waals surface area contributed by atoms with Gasteiger partial charge in [0.25, 0.3) is 5.91 Å². The maximum absolute atomic E-state index is 12.1. The molecule has 0 aliphatic heterocycles. The van der Waals surface area contributed by atoms with Crippen molar-refractivity contribution in [3.05, 3.63) is 0 Å². The molecule has 0 fully saturated rings. The van der Waals surface area contributed by atoms with Crippen molar-refractivity contribution in [2.24, 2.45) is 0 Å². The van der Waals surface area contributed by atoms with Crippen molar-refractivity contribution >= 4 is 18.1 Å². The monoisotopic (exact) mass is 445 g/mol. The molecule has 0 saturated carbocycles. The van der Waals surface area contributed by atoms with Gasteiger partial charge in [-0.2, -0.15) is 5.54 Å². The number of carbonyl (C=O) groups is 3. The van der Waals surface area contributed by atoms with Crippen LogP contribution < -0.4 is 16.2 Å². The smallest absolute Gasteiger partial charge is 0.407 e. The Kier molecular flexibility index (Phi) is 46.0. The highest BCUT2D eigenvalue weighted by Gasteiger charge is 2.21. The minimum atomic E-state index is -1.07. The lowest BCUT2D eigenvalue weighted by Crippen LogP contribution is -2.45. The predicted octanol–water partition coefficient (Wildman–Crippen LogP) is 3.99. The molecule has 0 bridgehead atoms. The first kappa shape index (κ1) is 36.3. The molecule has 0 aromatic rings. The first-order chi connectivity index (χ1) is 13.5. The lowest BCUT2D eigenvalue weighted by atomic mass is 10.1. The van der Waals surface area contributed by atoms with Crippen molar-refractivity contribution in [1.29, 1.82) is 0 Å². The summed E-state index contributed by atoms with van der Waals surface area (Å²) in [5, 5.41) is 4.67. The fourth-order valence-corrected chi connectivity index (χ4v) is 1.33. The fraction of sp³-hybridized carbons (Fsp3) is 0.727. The Morgan fingerprint density at radius 1 is 0.821 bits per heavy atom. The van der Waals surface area contributed by atoms with Crippen molar-refractivity contribution in [1.82, 2.24) is 16.2 Å². The summed E-state index contributed by atoms with van der Waals surface area (Å²) in [6.45, 7) is 3.90. The largest absolute Gasteiger partial charge is 0.450 e. The number of halogens is 9. The first-order valence-corrected chi connectivity index (χ1v) is 6.86. The van der Waals surface area contributed by atoms with Crippen LogP contribution in [0.25, 0.3) is 0 Å². The van der Waals surface area contributed by atoms with E-state index in [2.05, 4.69) is 20.1 Å². The summed E-state index contributed by atoms with van der Waals surface area (Å²) in [5.74, 6) is -0.978. The van der Waals surface area contributed by atoms with Crippen molar-refractivity contribution in [2.75, 3.05) is 19.8 Å². The summed E-state index contributed by atoms with van der Waals surface area (Å²) >= 11 is 0. The number of hydrogen-bond donors (Lipinski definition) is 3. The van der Waals surface area contributed by atoms with E-state index in [1.54, 1.807) is 13.8 Å². The van der Waals surface area contributed by atoms with Gasteiger partial charge in [0.15, 0.2) is 0 Å². The third-order valence-electron chi connectivity index (χ3n) is 2.19. The van der Waals surface area contributed by atoms with E-state index in [-0.39, 0.29) is 26.2 Å². The van der Waals surface area contributed by atoms with E-state index in [9.17, 15) is 18.9 Å². The standard InChI is InChI=1S/C11H20FN3O5.4F2/c1-3-19-10(17)13-7-5-6-8(9(16)15-12)14-11(18)20-4-2;4*1-2/h8H,3-7H2,1-2H3,(H,13,17)(H,14,18)(H,15,16);;;;. The molecular formula is C11H20F9N3O5. The topological polar surface area (TPSA) is 106 Å². The quantitative estimate of drug-likeness (QED) is 0.298. The van der Waals surface area contributed by atoms with E-state index in [0.29, 0.717) is 6.42 Å². The normalized spacial score (nSPS) is 8.82. The molecule has 0 saturated heterocycles. The molecule has 0 rings (SSSR count). The van der Waals surface area contributed by atoms with Gasteiger partial charge in [0, 0.05) is 43.1 Å². The maximum Gasteiger partial charge on any atom is 0.407 e. The molecule has 1 unspecified atom stereocenters. The van der Waals surface area contributed by atoms with Crippen LogP contribution in [0.15, 0.2) is 0 Å². The third-order valence-corrected chi connectivity index (χ3v) is 2.19. The van der Waals surface area contributed by atoms with E-state index < -0.39 is 24.1 Å². The zero-order chi connectivity index (χ0) is 23.4. The van der Waals surface area contributed by atoms with E-state index in [4.69, 9.17) is 36.6 Å². The van der Waals surface area contributed by atoms with Crippen molar-refractivity contribution in [3.8, 4) is 0 Å². The Balaban J connectivity index is -0.000000194. The second kappa shape index (κ2) is 35.5. The van der Waals surface area contributed by atoms with Gasteiger partial charge in [-0.05, 0) is 26.7 Å². The third kappa shape index (κ3) is 28.2. The van der Waals surface area contributed by atoms with Gasteiger partial charge >= 0.3 is 12.2 Å². The molecule has 28 heavy (non-hydrogen) atoms. The number of hydrogen-bond acceptors (Lipinski definition) is 5. The van der Waals surface area contributed by atoms with Crippen LogP contribution in [0.1, 0.15) is 26.7 Å². The van der Waals surface area contributed by atoms with Gasteiger partial charge in [-0.25, -0.2) is 9.59 Å². The van der Waals surface area contributed by atoms with Gasteiger partial charge in [0.05, 0.1) is 13.2 Å². The number of carbonyl (C=O) groups excluding carboxylic acids is 3. The molecule has 8 nitrogen and oxygen atoms in total. The van der Waals surface area contributed by atoms with Crippen LogP contribution in [0.4, 0.5) is 50.7 Å². The lowest BCUT2D eigenvalue weighted by molar-refractivity contribution is -0.127. The summed E-state index contributed by atoms with van der Waals surface area (Å²) in [4.78, 5) is 33.4. The van der Waals surface area contributed by atoms with Crippen LogP contribution in [-0.4, -0.2) is 43.9 Å². The summed E-state index contributed by atoms with van der Waals surface area (Å²) in [5.41, 5.74) is 0.961. The summed E-state index contributed by atoms with van der Waals surface area (Å²) < 4.78 is 85.4. The van der Waals surface area contributed by atoms with E-state index >= 15 is 0 Å². The molecule has 3 N–H and O–H groups in total. The molecule has 0 aromatic carbocycles. The average molecular weight is 445 g/mol. The predicted molar refractivity (Wildman–Crippen MR) is 76.3 cm³/mol. The van der Waals surface area contributed by atoms with E-state index in [1.165, 1.54) is 0 Å². The lowest BCUT2D eigenvalue weighted by Gasteiger charge is -2.15. The molecule has 0 aliphatic carbocycles. The van der Waals surface area contributed by atoms with Gasteiger partial charge in [0.2, 0.25) is 0 Å².